The van der Waals surface area contributed by atoms with Crippen LogP contribution in [0, 0.1) is 5.92 Å². The molecule has 0 atom stereocenters. The number of hydrogen-bond donors (Lipinski definition) is 0. The number of piperazine rings is 1. The van der Waals surface area contributed by atoms with Gasteiger partial charge in [-0.3, -0.25) is 9.59 Å². The second-order valence-corrected chi connectivity index (χ2v) is 8.02. The van der Waals surface area contributed by atoms with Gasteiger partial charge >= 0.3 is 5.76 Å². The van der Waals surface area contributed by atoms with E-state index in [1.165, 1.54) is 12.1 Å². The number of nitrogens with zero attached hydrogens (tertiary/aromatic N) is 2. The van der Waals surface area contributed by atoms with Crippen LogP contribution < -0.4 is 0 Å². The number of alkyl halides is 2. The zero-order chi connectivity index (χ0) is 18.8. The Labute approximate surface area is 145 Å². The molecule has 0 spiro atoms. The van der Waals surface area contributed by atoms with Crippen LogP contribution in [0.25, 0.3) is 0 Å². The van der Waals surface area contributed by atoms with Crippen LogP contribution in [0.15, 0.2) is 29.2 Å². The molecule has 0 radical (unpaired) electrons. The molecule has 138 valence electrons. The van der Waals surface area contributed by atoms with Gasteiger partial charge in [0.25, 0.3) is 5.91 Å². The van der Waals surface area contributed by atoms with E-state index >= 15 is 0 Å². The maximum Gasteiger partial charge on any atom is 0.341 e. The van der Waals surface area contributed by atoms with E-state index in [0.717, 1.165) is 12.1 Å². The number of rotatable bonds is 4. The van der Waals surface area contributed by atoms with Crippen molar-refractivity contribution in [3.8, 4) is 0 Å². The molecule has 0 aliphatic carbocycles. The van der Waals surface area contributed by atoms with Crippen molar-refractivity contribution < 1.29 is 26.8 Å². The molecule has 0 aromatic heterocycles. The molecule has 0 N–H and O–H groups in total. The van der Waals surface area contributed by atoms with Gasteiger partial charge in [0.2, 0.25) is 15.7 Å². The minimum absolute atomic E-state index is 0.0358. The van der Waals surface area contributed by atoms with Gasteiger partial charge in [-0.2, -0.15) is 8.78 Å². The summed E-state index contributed by atoms with van der Waals surface area (Å²) < 4.78 is 47.8. The van der Waals surface area contributed by atoms with Crippen molar-refractivity contribution in [2.24, 2.45) is 5.92 Å². The largest absolute Gasteiger partial charge is 0.341 e. The van der Waals surface area contributed by atoms with Gasteiger partial charge in [-0.15, -0.1) is 0 Å². The maximum atomic E-state index is 12.5. The second-order valence-electron chi connectivity index (χ2n) is 6.10. The average molecular weight is 374 g/mol. The standard InChI is InChI=1S/C16H20F2N2O4S/c1-11(2)14(21)19-7-9-20(10-8-19)15(22)12-3-5-13(6-4-12)25(23,24)16(17)18/h3-6,11,16H,7-10H2,1-2H3. The Morgan fingerprint density at radius 1 is 0.960 bits per heavy atom. The van der Waals surface area contributed by atoms with E-state index in [4.69, 9.17) is 0 Å². The number of carbonyl (C=O) groups excluding carboxylic acids is 2. The number of benzene rings is 1. The minimum atomic E-state index is -4.67. The lowest BCUT2D eigenvalue weighted by Gasteiger charge is -2.35. The zero-order valence-electron chi connectivity index (χ0n) is 14.0. The smallest absolute Gasteiger partial charge is 0.339 e. The van der Waals surface area contributed by atoms with Crippen molar-refractivity contribution in [3.63, 3.8) is 0 Å². The first-order valence-corrected chi connectivity index (χ1v) is 9.39. The average Bonchev–Trinajstić information content (AvgIpc) is 2.60. The van der Waals surface area contributed by atoms with Crippen molar-refractivity contribution in [2.45, 2.75) is 24.5 Å². The summed E-state index contributed by atoms with van der Waals surface area (Å²) >= 11 is 0. The van der Waals surface area contributed by atoms with E-state index in [1.807, 2.05) is 13.8 Å². The molecule has 1 saturated heterocycles. The van der Waals surface area contributed by atoms with Gasteiger partial charge in [0, 0.05) is 37.7 Å². The van der Waals surface area contributed by atoms with Gasteiger partial charge in [-0.25, -0.2) is 8.42 Å². The molecular weight excluding hydrogens is 354 g/mol. The number of halogens is 2. The molecule has 1 fully saturated rings. The van der Waals surface area contributed by atoms with E-state index in [0.29, 0.717) is 26.2 Å². The van der Waals surface area contributed by atoms with E-state index in [9.17, 15) is 26.8 Å². The molecule has 1 aliphatic heterocycles. The molecule has 2 amide bonds. The van der Waals surface area contributed by atoms with Gasteiger partial charge in [-0.1, -0.05) is 13.8 Å². The molecule has 1 aromatic rings. The highest BCUT2D eigenvalue weighted by Gasteiger charge is 2.28. The summed E-state index contributed by atoms with van der Waals surface area (Å²) in [5.74, 6) is -3.89. The van der Waals surface area contributed by atoms with E-state index in [2.05, 4.69) is 0 Å². The monoisotopic (exact) mass is 374 g/mol. The SMILES string of the molecule is CC(C)C(=O)N1CCN(C(=O)c2ccc(S(=O)(=O)C(F)F)cc2)CC1. The Morgan fingerprint density at radius 3 is 1.88 bits per heavy atom. The van der Waals surface area contributed by atoms with Gasteiger partial charge < -0.3 is 9.80 Å². The van der Waals surface area contributed by atoms with Gasteiger partial charge in [-0.05, 0) is 24.3 Å². The fourth-order valence-electron chi connectivity index (χ4n) is 2.57. The fourth-order valence-corrected chi connectivity index (χ4v) is 3.29. The fraction of sp³-hybridized carbons (Fsp3) is 0.500. The third-order valence-corrected chi connectivity index (χ3v) is 5.44. The normalized spacial score (nSPS) is 15.8. The van der Waals surface area contributed by atoms with Crippen molar-refractivity contribution in [3.05, 3.63) is 29.8 Å². The Bertz CT molecular complexity index is 740. The summed E-state index contributed by atoms with van der Waals surface area (Å²) in [6.07, 6.45) is 0. The van der Waals surface area contributed by atoms with Crippen LogP contribution in [-0.2, 0) is 14.6 Å². The van der Waals surface area contributed by atoms with Gasteiger partial charge in [0.15, 0.2) is 0 Å². The number of sulfone groups is 1. The first-order chi connectivity index (χ1) is 11.6. The zero-order valence-corrected chi connectivity index (χ0v) is 14.8. The van der Waals surface area contributed by atoms with E-state index in [-0.39, 0.29) is 23.3 Å². The summed E-state index contributed by atoms with van der Waals surface area (Å²) in [4.78, 5) is 27.1. The molecule has 0 unspecified atom stereocenters. The lowest BCUT2D eigenvalue weighted by atomic mass is 10.1. The lowest BCUT2D eigenvalue weighted by molar-refractivity contribution is -0.135. The molecule has 0 bridgehead atoms. The highest BCUT2D eigenvalue weighted by atomic mass is 32.2. The quantitative estimate of drug-likeness (QED) is 0.803. The van der Waals surface area contributed by atoms with Crippen molar-refractivity contribution in [2.75, 3.05) is 26.2 Å². The first kappa shape index (κ1) is 19.3. The summed E-state index contributed by atoms with van der Waals surface area (Å²) in [7, 11) is -4.67. The molecule has 0 saturated carbocycles. The van der Waals surface area contributed by atoms with Gasteiger partial charge in [0.1, 0.15) is 0 Å². The molecular formula is C16H20F2N2O4S. The topological polar surface area (TPSA) is 74.8 Å². The number of carbonyl (C=O) groups is 2. The summed E-state index contributed by atoms with van der Waals surface area (Å²) in [5.41, 5.74) is 0.219. The second kappa shape index (κ2) is 7.47. The van der Waals surface area contributed by atoms with Crippen LogP contribution in [0.5, 0.6) is 0 Å². The molecule has 25 heavy (non-hydrogen) atoms. The van der Waals surface area contributed by atoms with Crippen molar-refractivity contribution >= 4 is 21.7 Å². The predicted molar refractivity (Wildman–Crippen MR) is 87.0 cm³/mol. The highest BCUT2D eigenvalue weighted by molar-refractivity contribution is 7.91. The van der Waals surface area contributed by atoms with Gasteiger partial charge in [0.05, 0.1) is 4.90 Å². The molecule has 6 nitrogen and oxygen atoms in total. The highest BCUT2D eigenvalue weighted by Crippen LogP contribution is 2.19. The summed E-state index contributed by atoms with van der Waals surface area (Å²) in [6, 6.07) is 4.47. The van der Waals surface area contributed by atoms with Crippen molar-refractivity contribution in [1.29, 1.82) is 0 Å². The van der Waals surface area contributed by atoms with Crippen LogP contribution >= 0.6 is 0 Å². The molecule has 1 aromatic carbocycles. The maximum absolute atomic E-state index is 12.5. The molecule has 1 heterocycles. The number of amides is 2. The summed E-state index contributed by atoms with van der Waals surface area (Å²) in [5, 5.41) is 0. The van der Waals surface area contributed by atoms with Crippen LogP contribution in [0.4, 0.5) is 8.78 Å². The van der Waals surface area contributed by atoms with Crippen LogP contribution in [-0.4, -0.2) is 62.0 Å². The van der Waals surface area contributed by atoms with Crippen LogP contribution in [0.2, 0.25) is 0 Å². The minimum Gasteiger partial charge on any atom is -0.339 e. The first-order valence-electron chi connectivity index (χ1n) is 7.84. The third-order valence-electron chi connectivity index (χ3n) is 4.04. The van der Waals surface area contributed by atoms with Crippen LogP contribution in [0.1, 0.15) is 24.2 Å². The Balaban J connectivity index is 2.04. The van der Waals surface area contributed by atoms with E-state index < -0.39 is 20.5 Å². The molecule has 1 aliphatic rings. The Kier molecular flexibility index (Phi) is 5.76. The lowest BCUT2D eigenvalue weighted by Crippen LogP contribution is -2.51. The Hall–Kier alpha value is -2.03. The Morgan fingerprint density at radius 2 is 1.44 bits per heavy atom. The molecule has 2 rings (SSSR count). The van der Waals surface area contributed by atoms with Crippen LogP contribution in [0.3, 0.4) is 0 Å². The summed E-state index contributed by atoms with van der Waals surface area (Å²) in [6.45, 7) is 5.23. The molecule has 9 heteroatoms. The number of hydrogen-bond acceptors (Lipinski definition) is 4. The third kappa shape index (κ3) is 4.15. The van der Waals surface area contributed by atoms with E-state index in [1.54, 1.807) is 9.80 Å². The predicted octanol–water partition coefficient (Wildman–Crippen LogP) is 1.62. The van der Waals surface area contributed by atoms with Crippen molar-refractivity contribution in [1.82, 2.24) is 9.80 Å².